The van der Waals surface area contributed by atoms with Crippen molar-refractivity contribution in [2.45, 2.75) is 11.6 Å². The van der Waals surface area contributed by atoms with Gasteiger partial charge in [-0.2, -0.15) is 9.78 Å². The van der Waals surface area contributed by atoms with Crippen LogP contribution in [0.25, 0.3) is 0 Å². The lowest BCUT2D eigenvalue weighted by Crippen LogP contribution is -2.01. The highest BCUT2D eigenvalue weighted by Crippen LogP contribution is 2.16. The summed E-state index contributed by atoms with van der Waals surface area (Å²) < 4.78 is 14.9. The second-order valence-electron chi connectivity index (χ2n) is 4.88. The largest absolute Gasteiger partial charge is 0.211 e. The molecule has 1 heterocycles. The van der Waals surface area contributed by atoms with Crippen molar-refractivity contribution in [2.24, 2.45) is 5.10 Å². The molecule has 0 aliphatic carbocycles. The third-order valence-electron chi connectivity index (χ3n) is 3.24. The fourth-order valence-electron chi connectivity index (χ4n) is 2.14. The second kappa shape index (κ2) is 7.19. The smallest absolute Gasteiger partial charge is 0.207 e. The Labute approximate surface area is 138 Å². The Bertz CT molecular complexity index is 814. The van der Waals surface area contributed by atoms with Crippen LogP contribution in [0.3, 0.4) is 0 Å². The van der Waals surface area contributed by atoms with Gasteiger partial charge in [0.25, 0.3) is 0 Å². The lowest BCUT2D eigenvalue weighted by molar-refractivity contribution is 0.627. The Kier molecular flexibility index (Phi) is 4.83. The van der Waals surface area contributed by atoms with E-state index >= 15 is 0 Å². The van der Waals surface area contributed by atoms with Crippen molar-refractivity contribution in [1.82, 2.24) is 14.9 Å². The van der Waals surface area contributed by atoms with Crippen molar-refractivity contribution in [1.29, 1.82) is 0 Å². The van der Waals surface area contributed by atoms with Crippen molar-refractivity contribution >= 4 is 18.0 Å². The summed E-state index contributed by atoms with van der Waals surface area (Å²) >= 11 is 1.47. The number of aromatic nitrogens is 3. The molecule has 0 spiro atoms. The highest BCUT2D eigenvalue weighted by atomic mass is 32.2. The van der Waals surface area contributed by atoms with Crippen LogP contribution in [0.15, 0.2) is 64.9 Å². The number of nitrogens with zero attached hydrogens (tertiary/aromatic N) is 4. The van der Waals surface area contributed by atoms with Crippen LogP contribution in [-0.4, -0.2) is 27.3 Å². The van der Waals surface area contributed by atoms with Crippen LogP contribution in [-0.2, 0) is 6.42 Å². The zero-order valence-electron chi connectivity index (χ0n) is 12.6. The van der Waals surface area contributed by atoms with E-state index in [2.05, 4.69) is 15.3 Å². The van der Waals surface area contributed by atoms with Gasteiger partial charge >= 0.3 is 0 Å². The van der Waals surface area contributed by atoms with Crippen molar-refractivity contribution in [2.75, 3.05) is 6.26 Å². The first kappa shape index (κ1) is 15.4. The highest BCUT2D eigenvalue weighted by molar-refractivity contribution is 7.98. The lowest BCUT2D eigenvalue weighted by atomic mass is 10.1. The van der Waals surface area contributed by atoms with E-state index < -0.39 is 0 Å². The van der Waals surface area contributed by atoms with Gasteiger partial charge in [-0.25, -0.2) is 4.39 Å². The molecule has 23 heavy (non-hydrogen) atoms. The molecule has 4 nitrogen and oxygen atoms in total. The summed E-state index contributed by atoms with van der Waals surface area (Å²) in [7, 11) is 0. The molecule has 0 fully saturated rings. The third kappa shape index (κ3) is 3.84. The Balaban J connectivity index is 1.89. The fourth-order valence-corrected chi connectivity index (χ4v) is 2.59. The summed E-state index contributed by atoms with van der Waals surface area (Å²) in [6, 6.07) is 16.3. The molecule has 0 N–H and O–H groups in total. The molecule has 1 aromatic heterocycles. The van der Waals surface area contributed by atoms with Crippen LogP contribution < -0.4 is 0 Å². The summed E-state index contributed by atoms with van der Waals surface area (Å²) in [5.74, 6) is 0.459. The molecule has 0 radical (unpaired) electrons. The Morgan fingerprint density at radius 2 is 1.96 bits per heavy atom. The van der Waals surface area contributed by atoms with E-state index in [0.717, 1.165) is 11.4 Å². The maximum atomic E-state index is 13.2. The average molecular weight is 326 g/mol. The van der Waals surface area contributed by atoms with Crippen molar-refractivity contribution in [3.8, 4) is 0 Å². The van der Waals surface area contributed by atoms with Gasteiger partial charge < -0.3 is 0 Å². The SMILES string of the molecule is CSc1nnc(Cc2ccccc2)n1/N=C\c1cccc(F)c1. The minimum Gasteiger partial charge on any atom is -0.207 e. The van der Waals surface area contributed by atoms with Crippen LogP contribution >= 0.6 is 11.8 Å². The minimum absolute atomic E-state index is 0.285. The number of halogens is 1. The third-order valence-corrected chi connectivity index (χ3v) is 3.85. The van der Waals surface area contributed by atoms with Gasteiger partial charge in [-0.1, -0.05) is 54.2 Å². The number of hydrogen-bond acceptors (Lipinski definition) is 4. The molecule has 0 aliphatic heterocycles. The molecule has 0 amide bonds. The van der Waals surface area contributed by atoms with Gasteiger partial charge in [0.1, 0.15) is 5.82 Å². The normalized spacial score (nSPS) is 11.2. The first-order valence-corrected chi connectivity index (χ1v) is 8.31. The van der Waals surface area contributed by atoms with E-state index in [1.54, 1.807) is 23.0 Å². The van der Waals surface area contributed by atoms with E-state index in [-0.39, 0.29) is 5.82 Å². The van der Waals surface area contributed by atoms with Crippen LogP contribution in [0.1, 0.15) is 17.0 Å². The van der Waals surface area contributed by atoms with Crippen LogP contribution in [0.2, 0.25) is 0 Å². The number of benzene rings is 2. The molecule has 0 unspecified atom stereocenters. The zero-order chi connectivity index (χ0) is 16.1. The highest BCUT2D eigenvalue weighted by Gasteiger charge is 2.11. The summed E-state index contributed by atoms with van der Waals surface area (Å²) in [6.07, 6.45) is 4.17. The predicted octanol–water partition coefficient (Wildman–Crippen LogP) is 3.61. The molecular formula is C17H15FN4S. The van der Waals surface area contributed by atoms with E-state index in [9.17, 15) is 4.39 Å². The summed E-state index contributed by atoms with van der Waals surface area (Å²) in [4.78, 5) is 0. The van der Waals surface area contributed by atoms with E-state index in [0.29, 0.717) is 17.1 Å². The molecule has 0 saturated carbocycles. The molecule has 0 saturated heterocycles. The number of rotatable bonds is 5. The van der Waals surface area contributed by atoms with Gasteiger partial charge in [0.2, 0.25) is 5.16 Å². The average Bonchev–Trinajstić information content (AvgIpc) is 2.96. The molecule has 3 aromatic rings. The molecule has 0 aliphatic rings. The van der Waals surface area contributed by atoms with Crippen molar-refractivity contribution in [3.05, 3.63) is 77.4 Å². The van der Waals surface area contributed by atoms with Crippen LogP contribution in [0.4, 0.5) is 4.39 Å². The van der Waals surface area contributed by atoms with Crippen LogP contribution in [0, 0.1) is 5.82 Å². The first-order chi connectivity index (χ1) is 11.3. The maximum absolute atomic E-state index is 13.2. The minimum atomic E-state index is -0.285. The molecule has 116 valence electrons. The molecule has 6 heteroatoms. The summed E-state index contributed by atoms with van der Waals surface area (Å²) in [6.45, 7) is 0. The Morgan fingerprint density at radius 1 is 1.13 bits per heavy atom. The van der Waals surface area contributed by atoms with Gasteiger partial charge in [0.15, 0.2) is 5.82 Å². The molecule has 0 atom stereocenters. The Morgan fingerprint density at radius 3 is 2.70 bits per heavy atom. The molecular weight excluding hydrogens is 311 g/mol. The standard InChI is InChI=1S/C17H15FN4S/c1-23-17-21-20-16(11-13-6-3-2-4-7-13)22(17)19-12-14-8-5-9-15(18)10-14/h2-10,12H,11H2,1H3/b19-12-. The van der Waals surface area contributed by atoms with Crippen LogP contribution in [0.5, 0.6) is 0 Å². The predicted molar refractivity (Wildman–Crippen MR) is 90.4 cm³/mol. The monoisotopic (exact) mass is 326 g/mol. The van der Waals surface area contributed by atoms with E-state index in [4.69, 9.17) is 0 Å². The summed E-state index contributed by atoms with van der Waals surface area (Å²) in [5.41, 5.74) is 1.83. The number of thioether (sulfide) groups is 1. The topological polar surface area (TPSA) is 43.1 Å². The van der Waals surface area contributed by atoms with Crippen molar-refractivity contribution < 1.29 is 4.39 Å². The van der Waals surface area contributed by atoms with E-state index in [1.165, 1.54) is 23.9 Å². The van der Waals surface area contributed by atoms with Gasteiger partial charge in [0, 0.05) is 6.42 Å². The molecule has 2 aromatic carbocycles. The maximum Gasteiger partial charge on any atom is 0.211 e. The fraction of sp³-hybridized carbons (Fsp3) is 0.118. The first-order valence-electron chi connectivity index (χ1n) is 7.08. The number of hydrogen-bond donors (Lipinski definition) is 0. The molecule has 3 rings (SSSR count). The van der Waals surface area contributed by atoms with Gasteiger partial charge in [0.05, 0.1) is 6.21 Å². The van der Waals surface area contributed by atoms with Gasteiger partial charge in [-0.15, -0.1) is 10.2 Å². The Hall–Kier alpha value is -2.47. The van der Waals surface area contributed by atoms with Gasteiger partial charge in [-0.3, -0.25) is 0 Å². The van der Waals surface area contributed by atoms with Crippen molar-refractivity contribution in [3.63, 3.8) is 0 Å². The van der Waals surface area contributed by atoms with Gasteiger partial charge in [-0.05, 0) is 29.5 Å². The quantitative estimate of drug-likeness (QED) is 0.531. The summed E-state index contributed by atoms with van der Waals surface area (Å²) in [5, 5.41) is 13.5. The van der Waals surface area contributed by atoms with E-state index in [1.807, 2.05) is 36.6 Å². The zero-order valence-corrected chi connectivity index (χ0v) is 13.4. The second-order valence-corrected chi connectivity index (χ2v) is 5.65. The lowest BCUT2D eigenvalue weighted by Gasteiger charge is -2.03. The molecule has 0 bridgehead atoms.